The molecule has 0 radical (unpaired) electrons. The lowest BCUT2D eigenvalue weighted by molar-refractivity contribution is -0.137. The number of nitrogens with two attached hydrogens (primary N) is 1. The first kappa shape index (κ1) is 11.7. The number of nitrogen functional groups attached to an aromatic ring is 1. The van der Waals surface area contributed by atoms with Crippen molar-refractivity contribution in [2.45, 2.75) is 6.18 Å². The van der Waals surface area contributed by atoms with Crippen LogP contribution in [0.15, 0.2) is 24.3 Å². The molecular weight excluding hydrogens is 185 g/mol. The molecule has 1 rings (SSSR count). The molecule has 0 atom stereocenters. The lowest BCUT2D eigenvalue weighted by Gasteiger charge is -2.07. The quantitative estimate of drug-likeness (QED) is 0.520. The zero-order valence-electron chi connectivity index (χ0n) is 6.52. The molecular formula is C7H9F3N2O. The first-order chi connectivity index (χ1) is 5.54. The van der Waals surface area contributed by atoms with Gasteiger partial charge in [0.2, 0.25) is 0 Å². The topological polar surface area (TPSA) is 69.5 Å². The van der Waals surface area contributed by atoms with E-state index in [1.165, 1.54) is 12.1 Å². The largest absolute Gasteiger partial charge is 0.416 e. The summed E-state index contributed by atoms with van der Waals surface area (Å²) in [5.41, 5.74) is 1.67. The van der Waals surface area contributed by atoms with E-state index in [1.54, 1.807) is 0 Å². The molecule has 0 unspecified atom stereocenters. The maximum atomic E-state index is 12.0. The van der Waals surface area contributed by atoms with E-state index in [4.69, 9.17) is 5.84 Å². The summed E-state index contributed by atoms with van der Waals surface area (Å²) in [6.45, 7) is 0. The number of rotatable bonds is 1. The molecule has 0 spiro atoms. The van der Waals surface area contributed by atoms with Crippen molar-refractivity contribution >= 4 is 5.69 Å². The maximum Gasteiger partial charge on any atom is 0.416 e. The van der Waals surface area contributed by atoms with Crippen LogP contribution in [0.1, 0.15) is 5.56 Å². The zero-order chi connectivity index (χ0) is 9.19. The third-order valence-electron chi connectivity index (χ3n) is 1.36. The van der Waals surface area contributed by atoms with Crippen LogP contribution in [0.5, 0.6) is 0 Å². The minimum atomic E-state index is -4.31. The summed E-state index contributed by atoms with van der Waals surface area (Å²) < 4.78 is 36.1. The lowest BCUT2D eigenvalue weighted by Crippen LogP contribution is -2.09. The fourth-order valence-electron chi connectivity index (χ4n) is 0.785. The van der Waals surface area contributed by atoms with Crippen LogP contribution < -0.4 is 11.3 Å². The fraction of sp³-hybridized carbons (Fsp3) is 0.143. The van der Waals surface area contributed by atoms with E-state index in [9.17, 15) is 13.2 Å². The Bertz CT molecular complexity index is 275. The average molecular weight is 194 g/mol. The molecule has 0 aliphatic rings. The van der Waals surface area contributed by atoms with E-state index in [-0.39, 0.29) is 11.2 Å². The average Bonchev–Trinajstić information content (AvgIpc) is 2.03. The third kappa shape index (κ3) is 2.92. The maximum absolute atomic E-state index is 12.0. The molecule has 6 heteroatoms. The molecule has 0 bridgehead atoms. The molecule has 1 aromatic rings. The van der Waals surface area contributed by atoms with Crippen molar-refractivity contribution in [2.24, 2.45) is 5.84 Å². The number of hydrogen-bond donors (Lipinski definition) is 2. The Hall–Kier alpha value is -1.27. The second kappa shape index (κ2) is 4.11. The van der Waals surface area contributed by atoms with Crippen molar-refractivity contribution in [3.05, 3.63) is 29.8 Å². The smallest absolute Gasteiger partial charge is 0.412 e. The second-order valence-corrected chi connectivity index (χ2v) is 2.22. The third-order valence-corrected chi connectivity index (χ3v) is 1.36. The van der Waals surface area contributed by atoms with Crippen molar-refractivity contribution in [3.8, 4) is 0 Å². The SMILES string of the molecule is NNc1cccc(C(F)(F)F)c1.O. The van der Waals surface area contributed by atoms with Crippen LogP contribution in [-0.4, -0.2) is 5.48 Å². The summed E-state index contributed by atoms with van der Waals surface area (Å²) in [5.74, 6) is 4.94. The standard InChI is InChI=1S/C7H7F3N2.H2O/c8-7(9,10)5-2-1-3-6(4-5)12-11;/h1-4,12H,11H2;1H2. The predicted molar refractivity (Wildman–Crippen MR) is 42.9 cm³/mol. The Morgan fingerprint density at radius 3 is 2.31 bits per heavy atom. The first-order valence-corrected chi connectivity index (χ1v) is 3.18. The van der Waals surface area contributed by atoms with Crippen molar-refractivity contribution in [3.63, 3.8) is 0 Å². The van der Waals surface area contributed by atoms with Crippen LogP contribution in [0.2, 0.25) is 0 Å². The molecule has 0 saturated heterocycles. The van der Waals surface area contributed by atoms with E-state index in [2.05, 4.69) is 5.43 Å². The number of halogens is 3. The molecule has 0 aliphatic carbocycles. The highest BCUT2D eigenvalue weighted by atomic mass is 19.4. The molecule has 0 fully saturated rings. The summed E-state index contributed by atoms with van der Waals surface area (Å²) in [6.07, 6.45) is -4.31. The highest BCUT2D eigenvalue weighted by molar-refractivity contribution is 5.45. The van der Waals surface area contributed by atoms with E-state index in [1.807, 2.05) is 0 Å². The number of anilines is 1. The molecule has 0 aromatic heterocycles. The van der Waals surface area contributed by atoms with Crippen LogP contribution in [0.25, 0.3) is 0 Å². The molecule has 74 valence electrons. The highest BCUT2D eigenvalue weighted by Gasteiger charge is 2.30. The van der Waals surface area contributed by atoms with Gasteiger partial charge in [0, 0.05) is 5.69 Å². The fourth-order valence-corrected chi connectivity index (χ4v) is 0.785. The van der Waals surface area contributed by atoms with Gasteiger partial charge in [-0.2, -0.15) is 13.2 Å². The van der Waals surface area contributed by atoms with Crippen molar-refractivity contribution in [2.75, 3.05) is 5.43 Å². The van der Waals surface area contributed by atoms with Crippen molar-refractivity contribution < 1.29 is 18.6 Å². The monoisotopic (exact) mass is 194 g/mol. The molecule has 1 aromatic carbocycles. The summed E-state index contributed by atoms with van der Waals surface area (Å²) in [6, 6.07) is 4.67. The van der Waals surface area contributed by atoms with E-state index in [0.717, 1.165) is 12.1 Å². The highest BCUT2D eigenvalue weighted by Crippen LogP contribution is 2.30. The number of hydrogen-bond acceptors (Lipinski definition) is 2. The van der Waals surface area contributed by atoms with Crippen LogP contribution in [-0.2, 0) is 6.18 Å². The normalized spacial score (nSPS) is 10.5. The van der Waals surface area contributed by atoms with E-state index in [0.29, 0.717) is 0 Å². The molecule has 5 N–H and O–H groups in total. The molecule has 3 nitrogen and oxygen atoms in total. The Morgan fingerprint density at radius 2 is 1.85 bits per heavy atom. The van der Waals surface area contributed by atoms with Gasteiger partial charge >= 0.3 is 6.18 Å². The molecule has 0 saturated carbocycles. The van der Waals surface area contributed by atoms with Gasteiger partial charge in [-0.1, -0.05) is 6.07 Å². The van der Waals surface area contributed by atoms with Gasteiger partial charge in [-0.3, -0.25) is 5.84 Å². The van der Waals surface area contributed by atoms with Gasteiger partial charge in [0.1, 0.15) is 0 Å². The minimum absolute atomic E-state index is 0. The lowest BCUT2D eigenvalue weighted by atomic mass is 10.2. The van der Waals surface area contributed by atoms with Gasteiger partial charge in [0.05, 0.1) is 5.56 Å². The minimum Gasteiger partial charge on any atom is -0.412 e. The molecule has 0 amide bonds. The second-order valence-electron chi connectivity index (χ2n) is 2.22. The number of nitrogens with one attached hydrogen (secondary N) is 1. The van der Waals surface area contributed by atoms with Crippen LogP contribution in [0, 0.1) is 0 Å². The van der Waals surface area contributed by atoms with Gasteiger partial charge in [-0.05, 0) is 18.2 Å². The summed E-state index contributed by atoms with van der Waals surface area (Å²) >= 11 is 0. The number of benzene rings is 1. The summed E-state index contributed by atoms with van der Waals surface area (Å²) in [5, 5.41) is 0. The van der Waals surface area contributed by atoms with Crippen LogP contribution in [0.4, 0.5) is 18.9 Å². The Kier molecular flexibility index (Phi) is 3.70. The van der Waals surface area contributed by atoms with Gasteiger partial charge in [0.25, 0.3) is 0 Å². The first-order valence-electron chi connectivity index (χ1n) is 3.18. The number of hydrazine groups is 1. The Balaban J connectivity index is 0.00000144. The molecule has 0 heterocycles. The van der Waals surface area contributed by atoms with Gasteiger partial charge < -0.3 is 10.9 Å². The van der Waals surface area contributed by atoms with Crippen molar-refractivity contribution in [1.29, 1.82) is 0 Å². The van der Waals surface area contributed by atoms with E-state index < -0.39 is 11.7 Å². The Morgan fingerprint density at radius 1 is 1.23 bits per heavy atom. The van der Waals surface area contributed by atoms with Crippen LogP contribution in [0.3, 0.4) is 0 Å². The number of alkyl halides is 3. The zero-order valence-corrected chi connectivity index (χ0v) is 6.52. The summed E-state index contributed by atoms with van der Waals surface area (Å²) in [4.78, 5) is 0. The van der Waals surface area contributed by atoms with Crippen molar-refractivity contribution in [1.82, 2.24) is 0 Å². The molecule has 0 aliphatic heterocycles. The Labute approximate surface area is 72.6 Å². The van der Waals surface area contributed by atoms with Gasteiger partial charge in [-0.15, -0.1) is 0 Å². The van der Waals surface area contributed by atoms with Gasteiger partial charge in [0.15, 0.2) is 0 Å². The predicted octanol–water partition coefficient (Wildman–Crippen LogP) is 1.17. The summed E-state index contributed by atoms with van der Waals surface area (Å²) in [7, 11) is 0. The van der Waals surface area contributed by atoms with Crippen LogP contribution >= 0.6 is 0 Å². The van der Waals surface area contributed by atoms with Gasteiger partial charge in [-0.25, -0.2) is 0 Å². The van der Waals surface area contributed by atoms with E-state index >= 15 is 0 Å². The molecule has 13 heavy (non-hydrogen) atoms.